The molecule has 0 aromatic heterocycles. The normalized spacial score (nSPS) is 12.1. The van der Waals surface area contributed by atoms with Gasteiger partial charge in [0.2, 0.25) is 0 Å². The molecule has 25 heavy (non-hydrogen) atoms. The lowest BCUT2D eigenvalue weighted by Gasteiger charge is -2.27. The van der Waals surface area contributed by atoms with Gasteiger partial charge in [-0.15, -0.1) is 0 Å². The first-order chi connectivity index (χ1) is 11.9. The first-order valence-corrected chi connectivity index (χ1v) is 9.00. The summed E-state index contributed by atoms with van der Waals surface area (Å²) in [6.07, 6.45) is 5.88. The number of rotatable bonds is 8. The number of hydrogen-bond donors (Lipinski definition) is 0. The summed E-state index contributed by atoms with van der Waals surface area (Å²) < 4.78 is 13.2. The predicted molar refractivity (Wildman–Crippen MR) is 108 cm³/mol. The largest absolute Gasteiger partial charge is 0.356 e. The van der Waals surface area contributed by atoms with Crippen LogP contribution in [-0.2, 0) is 0 Å². The highest BCUT2D eigenvalue weighted by molar-refractivity contribution is 6.03. The number of halogens is 1. The molecule has 2 nitrogen and oxygen atoms in total. The second-order valence-electron chi connectivity index (χ2n) is 6.37. The molecule has 0 aliphatic rings. The Hall–Kier alpha value is -2.16. The Morgan fingerprint density at radius 3 is 2.08 bits per heavy atom. The standard InChI is InChI=1S/C22H31FN2/c1-7-14-25(15-8-2)22(24-9-3)21(17(4)5)16-18(6)19-10-12-20(23)13-11-19/h9-13,16H,3,7-8,14-15H2,1-2,4-6H3/b18-16+,24-22+. The van der Waals surface area contributed by atoms with E-state index < -0.39 is 0 Å². The van der Waals surface area contributed by atoms with E-state index in [0.29, 0.717) is 0 Å². The minimum Gasteiger partial charge on any atom is -0.356 e. The highest BCUT2D eigenvalue weighted by atomic mass is 19.1. The summed E-state index contributed by atoms with van der Waals surface area (Å²) in [5.41, 5.74) is 4.39. The number of benzene rings is 1. The molecule has 0 bridgehead atoms. The van der Waals surface area contributed by atoms with Gasteiger partial charge < -0.3 is 4.90 Å². The van der Waals surface area contributed by atoms with Crippen molar-refractivity contribution in [2.24, 2.45) is 4.99 Å². The molecule has 0 radical (unpaired) electrons. The lowest BCUT2D eigenvalue weighted by Crippen LogP contribution is -2.33. The van der Waals surface area contributed by atoms with Crippen LogP contribution in [0.15, 0.2) is 59.3 Å². The summed E-state index contributed by atoms with van der Waals surface area (Å²) in [6, 6.07) is 6.61. The molecular weight excluding hydrogens is 311 g/mol. The number of amidine groups is 1. The predicted octanol–water partition coefficient (Wildman–Crippen LogP) is 6.23. The van der Waals surface area contributed by atoms with E-state index in [1.54, 1.807) is 6.20 Å². The zero-order valence-corrected chi connectivity index (χ0v) is 16.3. The Bertz CT molecular complexity index is 641. The second-order valence-corrected chi connectivity index (χ2v) is 6.37. The Labute approximate surface area is 152 Å². The van der Waals surface area contributed by atoms with Crippen molar-refractivity contribution in [3.8, 4) is 0 Å². The van der Waals surface area contributed by atoms with Crippen molar-refractivity contribution in [2.75, 3.05) is 13.1 Å². The first-order valence-electron chi connectivity index (χ1n) is 9.00. The van der Waals surface area contributed by atoms with Crippen molar-refractivity contribution in [3.63, 3.8) is 0 Å². The van der Waals surface area contributed by atoms with E-state index in [2.05, 4.69) is 50.2 Å². The van der Waals surface area contributed by atoms with Gasteiger partial charge >= 0.3 is 0 Å². The van der Waals surface area contributed by atoms with Crippen molar-refractivity contribution in [2.45, 2.75) is 47.5 Å². The zero-order valence-electron chi connectivity index (χ0n) is 16.3. The smallest absolute Gasteiger partial charge is 0.135 e. The number of hydrogen-bond acceptors (Lipinski definition) is 1. The fraction of sp³-hybridized carbons (Fsp3) is 0.409. The van der Waals surface area contributed by atoms with E-state index in [1.807, 2.05) is 19.1 Å². The Kier molecular flexibility index (Phi) is 8.90. The van der Waals surface area contributed by atoms with Gasteiger partial charge in [0.15, 0.2) is 0 Å². The summed E-state index contributed by atoms with van der Waals surface area (Å²) in [6.45, 7) is 16.3. The van der Waals surface area contributed by atoms with Crippen LogP contribution in [0.2, 0.25) is 0 Å². The molecule has 0 saturated carbocycles. The monoisotopic (exact) mass is 342 g/mol. The molecule has 0 spiro atoms. The quantitative estimate of drug-likeness (QED) is 0.311. The summed E-state index contributed by atoms with van der Waals surface area (Å²) in [5.74, 6) is 0.741. The summed E-state index contributed by atoms with van der Waals surface area (Å²) in [5, 5.41) is 0. The van der Waals surface area contributed by atoms with E-state index in [4.69, 9.17) is 0 Å². The Balaban J connectivity index is 3.33. The molecule has 1 rings (SSSR count). The maximum absolute atomic E-state index is 13.2. The zero-order chi connectivity index (χ0) is 18.8. The molecule has 0 aliphatic carbocycles. The fourth-order valence-corrected chi connectivity index (χ4v) is 2.72. The second kappa shape index (κ2) is 10.7. The average molecular weight is 343 g/mol. The fourth-order valence-electron chi connectivity index (χ4n) is 2.72. The van der Waals surface area contributed by atoms with Crippen molar-refractivity contribution < 1.29 is 4.39 Å². The molecule has 0 atom stereocenters. The maximum Gasteiger partial charge on any atom is 0.135 e. The molecule has 3 heteroatoms. The number of nitrogens with zero attached hydrogens (tertiary/aromatic N) is 2. The van der Waals surface area contributed by atoms with Gasteiger partial charge in [0.1, 0.15) is 11.7 Å². The first kappa shape index (κ1) is 20.9. The van der Waals surface area contributed by atoms with Crippen LogP contribution in [0, 0.1) is 5.82 Å². The number of allylic oxidation sites excluding steroid dienone is 2. The van der Waals surface area contributed by atoms with E-state index in [-0.39, 0.29) is 5.82 Å². The molecular formula is C22H31FN2. The molecule has 0 aliphatic heterocycles. The van der Waals surface area contributed by atoms with Crippen LogP contribution in [0.5, 0.6) is 0 Å². The molecule has 0 saturated heterocycles. The summed E-state index contributed by atoms with van der Waals surface area (Å²) in [4.78, 5) is 6.91. The van der Waals surface area contributed by atoms with Crippen LogP contribution >= 0.6 is 0 Å². The van der Waals surface area contributed by atoms with Crippen LogP contribution in [0.25, 0.3) is 5.57 Å². The third kappa shape index (κ3) is 6.33. The van der Waals surface area contributed by atoms with Crippen molar-refractivity contribution >= 4 is 11.4 Å². The van der Waals surface area contributed by atoms with Gasteiger partial charge in [0.05, 0.1) is 0 Å². The Morgan fingerprint density at radius 1 is 1.08 bits per heavy atom. The van der Waals surface area contributed by atoms with Gasteiger partial charge in [-0.25, -0.2) is 9.38 Å². The van der Waals surface area contributed by atoms with E-state index in [0.717, 1.165) is 48.5 Å². The van der Waals surface area contributed by atoms with Gasteiger partial charge in [-0.05, 0) is 63.0 Å². The number of aliphatic imine (C=N–C) groups is 1. The topological polar surface area (TPSA) is 15.6 Å². The molecule has 0 heterocycles. The summed E-state index contributed by atoms with van der Waals surface area (Å²) in [7, 11) is 0. The molecule has 0 amide bonds. The molecule has 0 N–H and O–H groups in total. The van der Waals surface area contributed by atoms with E-state index in [1.165, 1.54) is 17.7 Å². The minimum atomic E-state index is -0.218. The molecule has 1 aromatic carbocycles. The average Bonchev–Trinajstić information content (AvgIpc) is 2.58. The van der Waals surface area contributed by atoms with Gasteiger partial charge in [-0.3, -0.25) is 0 Å². The lowest BCUT2D eigenvalue weighted by molar-refractivity contribution is 0.417. The van der Waals surface area contributed by atoms with Crippen LogP contribution < -0.4 is 0 Å². The molecule has 1 aromatic rings. The van der Waals surface area contributed by atoms with Crippen molar-refractivity contribution in [1.82, 2.24) is 4.90 Å². The summed E-state index contributed by atoms with van der Waals surface area (Å²) >= 11 is 0. The van der Waals surface area contributed by atoms with Crippen LogP contribution in [0.3, 0.4) is 0 Å². The maximum atomic E-state index is 13.2. The highest BCUT2D eigenvalue weighted by Gasteiger charge is 2.15. The van der Waals surface area contributed by atoms with Gasteiger partial charge in [0, 0.05) is 24.9 Å². The van der Waals surface area contributed by atoms with Gasteiger partial charge in [-0.1, -0.05) is 38.1 Å². The lowest BCUT2D eigenvalue weighted by atomic mass is 10.0. The SMILES string of the molecule is C=C/N=C(\C(/C=C(\C)c1ccc(F)cc1)=C(C)C)N(CCC)CCC. The van der Waals surface area contributed by atoms with Crippen molar-refractivity contribution in [3.05, 3.63) is 65.6 Å². The minimum absolute atomic E-state index is 0.218. The van der Waals surface area contributed by atoms with Crippen molar-refractivity contribution in [1.29, 1.82) is 0 Å². The van der Waals surface area contributed by atoms with Crippen LogP contribution in [-0.4, -0.2) is 23.8 Å². The molecule has 0 unspecified atom stereocenters. The Morgan fingerprint density at radius 2 is 1.64 bits per heavy atom. The van der Waals surface area contributed by atoms with E-state index >= 15 is 0 Å². The molecule has 136 valence electrons. The third-order valence-corrected chi connectivity index (χ3v) is 3.94. The molecule has 0 fully saturated rings. The van der Waals surface area contributed by atoms with Gasteiger partial charge in [-0.2, -0.15) is 0 Å². The highest BCUT2D eigenvalue weighted by Crippen LogP contribution is 2.21. The van der Waals surface area contributed by atoms with Crippen LogP contribution in [0.1, 0.15) is 53.0 Å². The third-order valence-electron chi connectivity index (χ3n) is 3.94. The van der Waals surface area contributed by atoms with E-state index in [9.17, 15) is 4.39 Å². The van der Waals surface area contributed by atoms with Crippen LogP contribution in [0.4, 0.5) is 4.39 Å². The van der Waals surface area contributed by atoms with Gasteiger partial charge in [0.25, 0.3) is 0 Å².